The summed E-state index contributed by atoms with van der Waals surface area (Å²) in [5.74, 6) is 3.98. The molecule has 6 nitrogen and oxygen atoms in total. The Morgan fingerprint density at radius 3 is 2.78 bits per heavy atom. The normalized spacial score (nSPS) is 40.3. The van der Waals surface area contributed by atoms with E-state index < -0.39 is 6.69 Å². The lowest BCUT2D eigenvalue weighted by atomic mass is 9.68. The molecule has 0 N–H and O–H groups in total. The summed E-state index contributed by atoms with van der Waals surface area (Å²) in [6, 6.07) is 18.2. The van der Waals surface area contributed by atoms with E-state index in [1.165, 1.54) is 0 Å². The number of nitrogens with zero attached hydrogens (tertiary/aromatic N) is 2. The summed E-state index contributed by atoms with van der Waals surface area (Å²) < 4.78 is 25.5. The van der Waals surface area contributed by atoms with Gasteiger partial charge in [0, 0.05) is 11.5 Å². The quantitative estimate of drug-likeness (QED) is 0.553. The number of quaternary nitrogens is 1. The summed E-state index contributed by atoms with van der Waals surface area (Å²) in [6.45, 7) is -0.413. The van der Waals surface area contributed by atoms with Crippen LogP contribution in [0.1, 0.15) is 17.5 Å². The highest BCUT2D eigenvalue weighted by Crippen LogP contribution is 2.60. The zero-order valence-electron chi connectivity index (χ0n) is 18.0. The third-order valence-electron chi connectivity index (χ3n) is 8.00. The molecular formula is C25H25BN2O4. The molecule has 1 unspecified atom stereocenters. The van der Waals surface area contributed by atoms with E-state index >= 15 is 0 Å². The zero-order valence-corrected chi connectivity index (χ0v) is 18.0. The van der Waals surface area contributed by atoms with Crippen molar-refractivity contribution >= 4 is 18.7 Å². The standard InChI is InChI=1S/C25H25BN2O4/c1-29-21-9-7-19(8-10-21)24-27-28-16-20-15-22-11-13-25(20,31-22)23(28)17-30-26(28,32-24)14-12-18-5-3-2-4-6-18/h2-14,20,22-23H,15-17H2,1H3/b14-12+/t20-,22-,23+,25-,26?,28+/m1/s1. The Labute approximate surface area is 187 Å². The Balaban J connectivity index is 1.34. The number of benzene rings is 2. The molecule has 0 aliphatic carbocycles. The summed E-state index contributed by atoms with van der Waals surface area (Å²) in [5.41, 5.74) is 1.75. The first-order valence-corrected chi connectivity index (χ1v) is 11.4. The summed E-state index contributed by atoms with van der Waals surface area (Å²) in [5, 5.41) is 5.28. The van der Waals surface area contributed by atoms with Crippen molar-refractivity contribution in [2.75, 3.05) is 20.3 Å². The van der Waals surface area contributed by atoms with Crippen LogP contribution in [0.25, 0.3) is 6.08 Å². The first kappa shape index (κ1) is 18.7. The van der Waals surface area contributed by atoms with Crippen LogP contribution in [0, 0.1) is 5.92 Å². The maximum absolute atomic E-state index is 6.68. The van der Waals surface area contributed by atoms with Crippen molar-refractivity contribution in [3.63, 3.8) is 0 Å². The van der Waals surface area contributed by atoms with E-state index in [2.05, 4.69) is 36.3 Å². The molecule has 2 bridgehead atoms. The highest BCUT2D eigenvalue weighted by atomic mass is 16.7. The van der Waals surface area contributed by atoms with Crippen molar-refractivity contribution in [1.29, 1.82) is 0 Å². The fourth-order valence-electron chi connectivity index (χ4n) is 6.51. The Hall–Kier alpha value is -2.87. The molecule has 5 aliphatic heterocycles. The highest BCUT2D eigenvalue weighted by molar-refractivity contribution is 6.69. The monoisotopic (exact) mass is 428 g/mol. The number of fused-ring (bicyclic) bond motifs is 1. The molecule has 2 aromatic carbocycles. The first-order valence-electron chi connectivity index (χ1n) is 11.4. The summed E-state index contributed by atoms with van der Waals surface area (Å²) in [7, 11) is 1.67. The molecule has 0 amide bonds. The second-order valence-corrected chi connectivity index (χ2v) is 9.47. The third-order valence-corrected chi connectivity index (χ3v) is 8.00. The van der Waals surface area contributed by atoms with Crippen molar-refractivity contribution in [3.05, 3.63) is 83.9 Å². The van der Waals surface area contributed by atoms with Crippen molar-refractivity contribution in [3.8, 4) is 5.75 Å². The van der Waals surface area contributed by atoms with Crippen molar-refractivity contribution < 1.29 is 23.3 Å². The van der Waals surface area contributed by atoms with E-state index in [9.17, 15) is 0 Å². The lowest BCUT2D eigenvalue weighted by molar-refractivity contribution is -0.851. The van der Waals surface area contributed by atoms with Crippen LogP contribution in [0.4, 0.5) is 0 Å². The lowest BCUT2D eigenvalue weighted by Crippen LogP contribution is -2.63. The molecule has 6 atom stereocenters. The number of methoxy groups -OCH3 is 1. The van der Waals surface area contributed by atoms with Gasteiger partial charge in [0.15, 0.2) is 0 Å². The first-order chi connectivity index (χ1) is 15.7. The maximum atomic E-state index is 6.68. The van der Waals surface area contributed by atoms with Gasteiger partial charge in [-0.3, -0.25) is 0 Å². The second kappa shape index (κ2) is 6.35. The predicted octanol–water partition coefficient (Wildman–Crippen LogP) is 3.52. The van der Waals surface area contributed by atoms with E-state index in [0.717, 1.165) is 29.8 Å². The van der Waals surface area contributed by atoms with Crippen LogP contribution in [0.5, 0.6) is 5.75 Å². The van der Waals surface area contributed by atoms with Gasteiger partial charge in [-0.1, -0.05) is 47.6 Å². The molecule has 7 heteroatoms. The fraction of sp³-hybridized carbons (Fsp3) is 0.320. The van der Waals surface area contributed by atoms with Crippen LogP contribution in [-0.4, -0.2) is 55.1 Å². The molecule has 7 rings (SSSR count). The van der Waals surface area contributed by atoms with Crippen molar-refractivity contribution in [2.24, 2.45) is 11.0 Å². The Bertz CT molecular complexity index is 1170. The van der Waals surface area contributed by atoms with Gasteiger partial charge in [-0.05, 0) is 42.3 Å². The molecule has 162 valence electrons. The van der Waals surface area contributed by atoms with Crippen LogP contribution >= 0.6 is 0 Å². The van der Waals surface area contributed by atoms with Gasteiger partial charge in [0.05, 0.1) is 26.4 Å². The number of ether oxygens (including phenoxy) is 2. The van der Waals surface area contributed by atoms with Crippen molar-refractivity contribution in [2.45, 2.75) is 24.2 Å². The zero-order chi connectivity index (χ0) is 21.4. The SMILES string of the molecule is COc1ccc(C2=N[N@@+]34C[C@H]5C[C@H]6C=C[C@]5(O6)[C@@H]3CO[B-]4(/C=C/c3ccccc3)O2)cc1. The maximum Gasteiger partial charge on any atom is 0.575 e. The van der Waals surface area contributed by atoms with E-state index in [1.807, 2.05) is 42.5 Å². The highest BCUT2D eigenvalue weighted by Gasteiger charge is 2.78. The van der Waals surface area contributed by atoms with Gasteiger partial charge in [-0.2, -0.15) is 0 Å². The van der Waals surface area contributed by atoms with Crippen LogP contribution in [0.2, 0.25) is 0 Å². The molecule has 3 fully saturated rings. The minimum atomic E-state index is -1.85. The third kappa shape index (κ3) is 2.28. The van der Waals surface area contributed by atoms with Gasteiger partial charge in [0.1, 0.15) is 17.4 Å². The minimum Gasteiger partial charge on any atom is -0.619 e. The Kier molecular flexibility index (Phi) is 3.70. The Morgan fingerprint density at radius 2 is 2.00 bits per heavy atom. The molecule has 5 heterocycles. The van der Waals surface area contributed by atoms with E-state index in [0.29, 0.717) is 22.9 Å². The van der Waals surface area contributed by atoms with Crippen LogP contribution in [0.15, 0.2) is 77.8 Å². The van der Waals surface area contributed by atoms with E-state index in [-0.39, 0.29) is 17.7 Å². The molecule has 2 spiro atoms. The largest absolute Gasteiger partial charge is 0.619 e. The van der Waals surface area contributed by atoms with Gasteiger partial charge in [0.2, 0.25) is 5.90 Å². The molecule has 0 radical (unpaired) electrons. The average molecular weight is 428 g/mol. The smallest absolute Gasteiger partial charge is 0.575 e. The van der Waals surface area contributed by atoms with Crippen LogP contribution < -0.4 is 4.74 Å². The number of hydrogen-bond donors (Lipinski definition) is 0. The second-order valence-electron chi connectivity index (χ2n) is 9.47. The van der Waals surface area contributed by atoms with E-state index in [4.69, 9.17) is 23.9 Å². The molecule has 32 heavy (non-hydrogen) atoms. The average Bonchev–Trinajstić information content (AvgIpc) is 3.59. The molecule has 3 saturated heterocycles. The lowest BCUT2D eigenvalue weighted by Gasteiger charge is -2.41. The molecule has 5 aliphatic rings. The molecule has 0 aromatic heterocycles. The number of rotatable bonds is 4. The molecule has 0 saturated carbocycles. The van der Waals surface area contributed by atoms with Crippen LogP contribution in [-0.2, 0) is 14.0 Å². The Morgan fingerprint density at radius 1 is 1.16 bits per heavy atom. The summed E-state index contributed by atoms with van der Waals surface area (Å²) in [4.78, 5) is 0. The van der Waals surface area contributed by atoms with Gasteiger partial charge >= 0.3 is 6.69 Å². The summed E-state index contributed by atoms with van der Waals surface area (Å²) in [6.07, 6.45) is 7.89. The van der Waals surface area contributed by atoms with Gasteiger partial charge < -0.3 is 23.3 Å². The van der Waals surface area contributed by atoms with Gasteiger partial charge in [0.25, 0.3) is 0 Å². The molecular weight excluding hydrogens is 403 g/mol. The predicted molar refractivity (Wildman–Crippen MR) is 122 cm³/mol. The van der Waals surface area contributed by atoms with Gasteiger partial charge in [-0.25, -0.2) is 0 Å². The molecule has 2 aromatic rings. The fourth-order valence-corrected chi connectivity index (χ4v) is 6.51. The summed E-state index contributed by atoms with van der Waals surface area (Å²) >= 11 is 0. The van der Waals surface area contributed by atoms with Crippen LogP contribution in [0.3, 0.4) is 0 Å². The van der Waals surface area contributed by atoms with E-state index in [1.54, 1.807) is 7.11 Å². The van der Waals surface area contributed by atoms with Gasteiger partial charge in [-0.15, -0.1) is 5.98 Å². The van der Waals surface area contributed by atoms with Crippen molar-refractivity contribution in [1.82, 2.24) is 0 Å². The minimum absolute atomic E-state index is 0.0902. The topological polar surface area (TPSA) is 49.3 Å². The number of hydrogen-bond acceptors (Lipinski definition) is 5.